The van der Waals surface area contributed by atoms with Crippen LogP contribution in [0.1, 0.15) is 44.4 Å². The standard InChI is InChI=1S/C24H28N2O5/c1-5-15(2)31-23(27)21-16(3)25-24(28)26-22(21)18-11-12-19(29-4)20(13-18)30-14-17-9-7-6-8-10-17/h6-13,15,22H,5,14H2,1-4H3,(H2,25,26,28). The number of carbonyl (C=O) groups is 2. The van der Waals surface area contributed by atoms with Crippen molar-refractivity contribution >= 4 is 12.0 Å². The first-order valence-electron chi connectivity index (χ1n) is 10.3. The summed E-state index contributed by atoms with van der Waals surface area (Å²) < 4.78 is 17.0. The molecule has 7 nitrogen and oxygen atoms in total. The number of amides is 2. The SMILES string of the molecule is CCC(C)OC(=O)C1=C(C)NC(=O)NC1c1ccc(OC)c(OCc2ccccc2)c1. The fraction of sp³-hybridized carbons (Fsp3) is 0.333. The average molecular weight is 424 g/mol. The molecule has 0 spiro atoms. The lowest BCUT2D eigenvalue weighted by atomic mass is 9.95. The van der Waals surface area contributed by atoms with Crippen molar-refractivity contribution in [3.05, 3.63) is 70.9 Å². The van der Waals surface area contributed by atoms with Crippen LogP contribution in [-0.4, -0.2) is 25.2 Å². The minimum Gasteiger partial charge on any atom is -0.493 e. The second-order valence-electron chi connectivity index (χ2n) is 7.38. The van der Waals surface area contributed by atoms with Crippen LogP contribution < -0.4 is 20.1 Å². The summed E-state index contributed by atoms with van der Waals surface area (Å²) in [7, 11) is 1.57. The number of benzene rings is 2. The van der Waals surface area contributed by atoms with E-state index < -0.39 is 12.0 Å². The summed E-state index contributed by atoms with van der Waals surface area (Å²) in [5, 5.41) is 5.48. The minimum atomic E-state index is -0.671. The van der Waals surface area contributed by atoms with Gasteiger partial charge in [0.15, 0.2) is 11.5 Å². The van der Waals surface area contributed by atoms with Crippen LogP contribution in [0.25, 0.3) is 0 Å². The summed E-state index contributed by atoms with van der Waals surface area (Å²) in [5.74, 6) is 0.611. The smallest absolute Gasteiger partial charge is 0.338 e. The van der Waals surface area contributed by atoms with Crippen molar-refractivity contribution in [2.75, 3.05) is 7.11 Å². The van der Waals surface area contributed by atoms with Crippen LogP contribution in [0.5, 0.6) is 11.5 Å². The van der Waals surface area contributed by atoms with Crippen LogP contribution in [0.3, 0.4) is 0 Å². The second-order valence-corrected chi connectivity index (χ2v) is 7.38. The van der Waals surface area contributed by atoms with E-state index in [-0.39, 0.29) is 12.1 Å². The normalized spacial score (nSPS) is 16.8. The number of ether oxygens (including phenoxy) is 3. The molecule has 2 aromatic carbocycles. The molecule has 7 heteroatoms. The molecule has 0 aliphatic carbocycles. The zero-order valence-corrected chi connectivity index (χ0v) is 18.2. The molecule has 2 aromatic rings. The van der Waals surface area contributed by atoms with E-state index in [9.17, 15) is 9.59 Å². The molecule has 1 heterocycles. The first kappa shape index (κ1) is 22.2. The molecule has 0 saturated carbocycles. The van der Waals surface area contributed by atoms with Gasteiger partial charge in [-0.3, -0.25) is 0 Å². The topological polar surface area (TPSA) is 85.9 Å². The maximum absolute atomic E-state index is 12.9. The highest BCUT2D eigenvalue weighted by molar-refractivity contribution is 5.95. The van der Waals surface area contributed by atoms with Crippen molar-refractivity contribution in [2.24, 2.45) is 0 Å². The summed E-state index contributed by atoms with van der Waals surface area (Å²) in [4.78, 5) is 25.0. The predicted octanol–water partition coefficient (Wildman–Crippen LogP) is 4.24. The molecule has 31 heavy (non-hydrogen) atoms. The number of hydrogen-bond acceptors (Lipinski definition) is 5. The summed E-state index contributed by atoms with van der Waals surface area (Å²) in [6.45, 7) is 5.82. The van der Waals surface area contributed by atoms with E-state index in [0.717, 1.165) is 5.56 Å². The van der Waals surface area contributed by atoms with Gasteiger partial charge in [0, 0.05) is 5.70 Å². The fourth-order valence-corrected chi connectivity index (χ4v) is 3.26. The first-order chi connectivity index (χ1) is 14.9. The molecule has 3 rings (SSSR count). The third-order valence-electron chi connectivity index (χ3n) is 5.13. The number of methoxy groups -OCH3 is 1. The van der Waals surface area contributed by atoms with E-state index >= 15 is 0 Å². The lowest BCUT2D eigenvalue weighted by Gasteiger charge is -2.29. The Morgan fingerprint density at radius 1 is 1.13 bits per heavy atom. The van der Waals surface area contributed by atoms with E-state index in [4.69, 9.17) is 14.2 Å². The van der Waals surface area contributed by atoms with Gasteiger partial charge in [-0.25, -0.2) is 9.59 Å². The summed E-state index contributed by atoms with van der Waals surface area (Å²) in [6, 6.07) is 14.1. The van der Waals surface area contributed by atoms with Crippen LogP contribution in [-0.2, 0) is 16.1 Å². The van der Waals surface area contributed by atoms with Gasteiger partial charge in [0.1, 0.15) is 6.61 Å². The molecule has 2 unspecified atom stereocenters. The van der Waals surface area contributed by atoms with E-state index in [2.05, 4.69) is 10.6 Å². The van der Waals surface area contributed by atoms with Crippen molar-refractivity contribution in [1.82, 2.24) is 10.6 Å². The van der Waals surface area contributed by atoms with Gasteiger partial charge < -0.3 is 24.8 Å². The fourth-order valence-electron chi connectivity index (χ4n) is 3.26. The third-order valence-corrected chi connectivity index (χ3v) is 5.13. The number of nitrogens with one attached hydrogen (secondary N) is 2. The minimum absolute atomic E-state index is 0.230. The van der Waals surface area contributed by atoms with E-state index in [0.29, 0.717) is 41.4 Å². The van der Waals surface area contributed by atoms with Crippen molar-refractivity contribution in [2.45, 2.75) is 45.9 Å². The number of carbonyl (C=O) groups excluding carboxylic acids is 2. The molecule has 0 bridgehead atoms. The summed E-state index contributed by atoms with van der Waals surface area (Å²) in [5.41, 5.74) is 2.52. The van der Waals surface area contributed by atoms with Crippen molar-refractivity contribution < 1.29 is 23.8 Å². The van der Waals surface area contributed by atoms with Crippen LogP contribution in [0.2, 0.25) is 0 Å². The average Bonchev–Trinajstić information content (AvgIpc) is 2.77. The number of urea groups is 1. The predicted molar refractivity (Wildman–Crippen MR) is 117 cm³/mol. The zero-order valence-electron chi connectivity index (χ0n) is 18.2. The lowest BCUT2D eigenvalue weighted by Crippen LogP contribution is -2.45. The van der Waals surface area contributed by atoms with Gasteiger partial charge in [0.25, 0.3) is 0 Å². The highest BCUT2D eigenvalue weighted by Crippen LogP contribution is 2.35. The molecule has 1 aliphatic rings. The highest BCUT2D eigenvalue weighted by atomic mass is 16.5. The molecule has 0 saturated heterocycles. The maximum Gasteiger partial charge on any atom is 0.338 e. The Bertz CT molecular complexity index is 971. The van der Waals surface area contributed by atoms with Crippen molar-refractivity contribution in [3.8, 4) is 11.5 Å². The quantitative estimate of drug-likeness (QED) is 0.619. The molecule has 164 valence electrons. The van der Waals surface area contributed by atoms with Gasteiger partial charge in [0.05, 0.1) is 24.8 Å². The molecule has 2 atom stereocenters. The van der Waals surface area contributed by atoms with E-state index in [1.165, 1.54) is 0 Å². The Balaban J connectivity index is 1.92. The van der Waals surface area contributed by atoms with Crippen molar-refractivity contribution in [1.29, 1.82) is 0 Å². The molecule has 0 aromatic heterocycles. The molecule has 2 amide bonds. The molecular weight excluding hydrogens is 396 g/mol. The number of allylic oxidation sites excluding steroid dienone is 1. The Hall–Kier alpha value is -3.48. The largest absolute Gasteiger partial charge is 0.493 e. The third kappa shape index (κ3) is 5.36. The maximum atomic E-state index is 12.9. The second kappa shape index (κ2) is 10.0. The number of esters is 1. The van der Waals surface area contributed by atoms with Gasteiger partial charge in [-0.05, 0) is 43.5 Å². The molecule has 1 aliphatic heterocycles. The van der Waals surface area contributed by atoms with Crippen LogP contribution in [0.15, 0.2) is 59.8 Å². The molecule has 2 N–H and O–H groups in total. The first-order valence-corrected chi connectivity index (χ1v) is 10.3. The van der Waals surface area contributed by atoms with E-state index in [1.54, 1.807) is 32.2 Å². The Labute approximate surface area is 182 Å². The van der Waals surface area contributed by atoms with Gasteiger partial charge in [-0.2, -0.15) is 0 Å². The van der Waals surface area contributed by atoms with Gasteiger partial charge in [-0.1, -0.05) is 43.3 Å². The molecular formula is C24H28N2O5. The van der Waals surface area contributed by atoms with Crippen LogP contribution in [0.4, 0.5) is 4.79 Å². The Morgan fingerprint density at radius 2 is 1.87 bits per heavy atom. The van der Waals surface area contributed by atoms with E-state index in [1.807, 2.05) is 44.2 Å². The number of hydrogen-bond donors (Lipinski definition) is 2. The van der Waals surface area contributed by atoms with Gasteiger partial charge >= 0.3 is 12.0 Å². The molecule has 0 radical (unpaired) electrons. The van der Waals surface area contributed by atoms with Crippen LogP contribution >= 0.6 is 0 Å². The number of rotatable bonds is 8. The van der Waals surface area contributed by atoms with Crippen molar-refractivity contribution in [3.63, 3.8) is 0 Å². The monoisotopic (exact) mass is 424 g/mol. The Morgan fingerprint density at radius 3 is 2.55 bits per heavy atom. The van der Waals surface area contributed by atoms with Crippen LogP contribution in [0, 0.1) is 0 Å². The highest BCUT2D eigenvalue weighted by Gasteiger charge is 2.33. The summed E-state index contributed by atoms with van der Waals surface area (Å²) >= 11 is 0. The Kier molecular flexibility index (Phi) is 7.18. The molecule has 0 fully saturated rings. The summed E-state index contributed by atoms with van der Waals surface area (Å²) in [6.07, 6.45) is 0.467. The van der Waals surface area contributed by atoms with Gasteiger partial charge in [0.2, 0.25) is 0 Å². The lowest BCUT2D eigenvalue weighted by molar-refractivity contribution is -0.144. The zero-order chi connectivity index (χ0) is 22.4. The van der Waals surface area contributed by atoms with Gasteiger partial charge in [-0.15, -0.1) is 0 Å².